The standard InChI is InChI=1S/C16H26ClNO2/c1-4-7-18-11-14-5-6-16(15(17)10-14)20-9-8-19-12-13(2)3/h5-6,10,13,18H,4,7-9,11-12H2,1-3H3. The third-order valence-electron chi connectivity index (χ3n) is 2.69. The van der Waals surface area contributed by atoms with Crippen LogP contribution in [-0.2, 0) is 11.3 Å². The van der Waals surface area contributed by atoms with E-state index >= 15 is 0 Å². The zero-order valence-corrected chi connectivity index (χ0v) is 13.5. The fourth-order valence-electron chi connectivity index (χ4n) is 1.71. The summed E-state index contributed by atoms with van der Waals surface area (Å²) in [5.74, 6) is 1.27. The third-order valence-corrected chi connectivity index (χ3v) is 2.98. The Hall–Kier alpha value is -0.770. The molecule has 0 aliphatic heterocycles. The number of ether oxygens (including phenoxy) is 2. The maximum Gasteiger partial charge on any atom is 0.138 e. The summed E-state index contributed by atoms with van der Waals surface area (Å²) in [6, 6.07) is 5.92. The van der Waals surface area contributed by atoms with E-state index in [0.717, 1.165) is 31.9 Å². The van der Waals surface area contributed by atoms with E-state index in [1.54, 1.807) is 0 Å². The minimum absolute atomic E-state index is 0.528. The normalized spacial score (nSPS) is 11.1. The summed E-state index contributed by atoms with van der Waals surface area (Å²) < 4.78 is 11.1. The van der Waals surface area contributed by atoms with Crippen molar-refractivity contribution >= 4 is 11.6 Å². The molecule has 0 aromatic heterocycles. The Labute approximate surface area is 127 Å². The molecule has 0 saturated carbocycles. The van der Waals surface area contributed by atoms with Gasteiger partial charge in [-0.15, -0.1) is 0 Å². The fourth-order valence-corrected chi connectivity index (χ4v) is 1.97. The highest BCUT2D eigenvalue weighted by Gasteiger charge is 2.03. The Kier molecular flexibility index (Phi) is 8.67. The molecule has 1 N–H and O–H groups in total. The van der Waals surface area contributed by atoms with Crippen molar-refractivity contribution in [3.63, 3.8) is 0 Å². The molecular weight excluding hydrogens is 274 g/mol. The van der Waals surface area contributed by atoms with Gasteiger partial charge >= 0.3 is 0 Å². The molecule has 4 heteroatoms. The third kappa shape index (κ3) is 7.13. The smallest absolute Gasteiger partial charge is 0.138 e. The predicted molar refractivity (Wildman–Crippen MR) is 84.6 cm³/mol. The van der Waals surface area contributed by atoms with Gasteiger partial charge in [0.15, 0.2) is 0 Å². The Balaban J connectivity index is 2.32. The molecule has 0 radical (unpaired) electrons. The Morgan fingerprint density at radius 3 is 2.70 bits per heavy atom. The van der Waals surface area contributed by atoms with Gasteiger partial charge in [0.25, 0.3) is 0 Å². The molecule has 3 nitrogen and oxygen atoms in total. The summed E-state index contributed by atoms with van der Waals surface area (Å²) in [6.07, 6.45) is 1.13. The molecule has 1 aromatic rings. The van der Waals surface area contributed by atoms with E-state index < -0.39 is 0 Å². The summed E-state index contributed by atoms with van der Waals surface area (Å²) in [4.78, 5) is 0. The van der Waals surface area contributed by atoms with Crippen LogP contribution in [0.4, 0.5) is 0 Å². The van der Waals surface area contributed by atoms with E-state index in [-0.39, 0.29) is 0 Å². The number of benzene rings is 1. The van der Waals surface area contributed by atoms with Crippen LogP contribution in [0, 0.1) is 5.92 Å². The van der Waals surface area contributed by atoms with Crippen LogP contribution in [0.3, 0.4) is 0 Å². The molecule has 0 unspecified atom stereocenters. The van der Waals surface area contributed by atoms with E-state index in [2.05, 4.69) is 26.1 Å². The lowest BCUT2D eigenvalue weighted by molar-refractivity contribution is 0.0819. The lowest BCUT2D eigenvalue weighted by Crippen LogP contribution is -2.14. The Morgan fingerprint density at radius 2 is 2.05 bits per heavy atom. The highest BCUT2D eigenvalue weighted by Crippen LogP contribution is 2.25. The largest absolute Gasteiger partial charge is 0.490 e. The van der Waals surface area contributed by atoms with Gasteiger partial charge in [0.2, 0.25) is 0 Å². The van der Waals surface area contributed by atoms with Crippen molar-refractivity contribution in [1.82, 2.24) is 5.32 Å². The van der Waals surface area contributed by atoms with Gasteiger partial charge in [-0.1, -0.05) is 38.4 Å². The van der Waals surface area contributed by atoms with Crippen molar-refractivity contribution in [3.8, 4) is 5.75 Å². The fraction of sp³-hybridized carbons (Fsp3) is 0.625. The summed E-state index contributed by atoms with van der Waals surface area (Å²) in [6.45, 7) is 10.1. The Bertz CT molecular complexity index is 383. The minimum atomic E-state index is 0.528. The first-order valence-corrected chi connectivity index (χ1v) is 7.71. The number of halogens is 1. The van der Waals surface area contributed by atoms with Crippen LogP contribution in [0.5, 0.6) is 5.75 Å². The summed E-state index contributed by atoms with van der Waals surface area (Å²) in [5, 5.41) is 4.01. The summed E-state index contributed by atoms with van der Waals surface area (Å²) >= 11 is 6.21. The first-order valence-electron chi connectivity index (χ1n) is 7.33. The highest BCUT2D eigenvalue weighted by molar-refractivity contribution is 6.32. The van der Waals surface area contributed by atoms with Crippen molar-refractivity contribution in [2.24, 2.45) is 5.92 Å². The topological polar surface area (TPSA) is 30.5 Å². The van der Waals surface area contributed by atoms with Gasteiger partial charge in [-0.2, -0.15) is 0 Å². The van der Waals surface area contributed by atoms with Crippen molar-refractivity contribution in [1.29, 1.82) is 0 Å². The Morgan fingerprint density at radius 1 is 1.25 bits per heavy atom. The van der Waals surface area contributed by atoms with E-state index in [1.807, 2.05) is 18.2 Å². The van der Waals surface area contributed by atoms with Crippen molar-refractivity contribution in [2.75, 3.05) is 26.4 Å². The van der Waals surface area contributed by atoms with E-state index in [1.165, 1.54) is 5.56 Å². The molecule has 20 heavy (non-hydrogen) atoms. The molecule has 0 atom stereocenters. The second kappa shape index (κ2) is 10.0. The molecular formula is C16H26ClNO2. The number of rotatable bonds is 10. The molecule has 1 aromatic carbocycles. The van der Waals surface area contributed by atoms with Crippen LogP contribution in [-0.4, -0.2) is 26.4 Å². The van der Waals surface area contributed by atoms with Crippen molar-refractivity contribution < 1.29 is 9.47 Å². The molecule has 0 amide bonds. The van der Waals surface area contributed by atoms with Gasteiger partial charge in [-0.05, 0) is 36.6 Å². The van der Waals surface area contributed by atoms with Crippen LogP contribution in [0.1, 0.15) is 32.8 Å². The van der Waals surface area contributed by atoms with E-state index in [4.69, 9.17) is 21.1 Å². The molecule has 1 rings (SSSR count). The van der Waals surface area contributed by atoms with Crippen molar-refractivity contribution in [3.05, 3.63) is 28.8 Å². The van der Waals surface area contributed by atoms with Crippen LogP contribution in [0.25, 0.3) is 0 Å². The number of hydrogen-bond donors (Lipinski definition) is 1. The number of nitrogens with one attached hydrogen (secondary N) is 1. The van der Waals surface area contributed by atoms with Crippen LogP contribution < -0.4 is 10.1 Å². The molecule has 0 spiro atoms. The molecule has 0 heterocycles. The number of hydrogen-bond acceptors (Lipinski definition) is 3. The van der Waals surface area contributed by atoms with Gasteiger partial charge in [-0.25, -0.2) is 0 Å². The SMILES string of the molecule is CCCNCc1ccc(OCCOCC(C)C)c(Cl)c1. The predicted octanol–water partition coefficient (Wildman–Crippen LogP) is 3.89. The van der Waals surface area contributed by atoms with Crippen LogP contribution in [0.15, 0.2) is 18.2 Å². The quantitative estimate of drug-likeness (QED) is 0.665. The van der Waals surface area contributed by atoms with Gasteiger partial charge in [-0.3, -0.25) is 0 Å². The van der Waals surface area contributed by atoms with Gasteiger partial charge in [0.05, 0.1) is 11.6 Å². The molecule has 0 aliphatic rings. The van der Waals surface area contributed by atoms with E-state index in [0.29, 0.717) is 24.2 Å². The zero-order chi connectivity index (χ0) is 14.8. The lowest BCUT2D eigenvalue weighted by Gasteiger charge is -2.11. The molecule has 0 saturated heterocycles. The van der Waals surface area contributed by atoms with Crippen molar-refractivity contribution in [2.45, 2.75) is 33.7 Å². The average molecular weight is 300 g/mol. The maximum atomic E-state index is 6.21. The van der Waals surface area contributed by atoms with Crippen LogP contribution in [0.2, 0.25) is 5.02 Å². The lowest BCUT2D eigenvalue weighted by atomic mass is 10.2. The first-order chi connectivity index (χ1) is 9.63. The minimum Gasteiger partial charge on any atom is -0.490 e. The first kappa shape index (κ1) is 17.3. The van der Waals surface area contributed by atoms with Gasteiger partial charge in [0.1, 0.15) is 12.4 Å². The second-order valence-electron chi connectivity index (χ2n) is 5.26. The maximum absolute atomic E-state index is 6.21. The van der Waals surface area contributed by atoms with E-state index in [9.17, 15) is 0 Å². The zero-order valence-electron chi connectivity index (χ0n) is 12.7. The van der Waals surface area contributed by atoms with Crippen LogP contribution >= 0.6 is 11.6 Å². The molecule has 114 valence electrons. The highest BCUT2D eigenvalue weighted by atomic mass is 35.5. The molecule has 0 fully saturated rings. The summed E-state index contributed by atoms with van der Waals surface area (Å²) in [7, 11) is 0. The van der Waals surface area contributed by atoms with Gasteiger partial charge < -0.3 is 14.8 Å². The molecule has 0 aliphatic carbocycles. The molecule has 0 bridgehead atoms. The average Bonchev–Trinajstić information content (AvgIpc) is 2.40. The monoisotopic (exact) mass is 299 g/mol. The summed E-state index contributed by atoms with van der Waals surface area (Å²) in [5.41, 5.74) is 1.17. The second-order valence-corrected chi connectivity index (χ2v) is 5.67. The van der Waals surface area contributed by atoms with Gasteiger partial charge in [0, 0.05) is 13.2 Å².